The molecular weight excluding hydrogens is 288 g/mol. The van der Waals surface area contributed by atoms with Crippen LogP contribution in [0.4, 0.5) is 0 Å². The molecule has 1 N–H and O–H groups in total. The van der Waals surface area contributed by atoms with Gasteiger partial charge in [-0.25, -0.2) is 0 Å². The summed E-state index contributed by atoms with van der Waals surface area (Å²) in [4.78, 5) is 0. The van der Waals surface area contributed by atoms with Crippen molar-refractivity contribution in [2.24, 2.45) is 0 Å². The summed E-state index contributed by atoms with van der Waals surface area (Å²) in [7, 11) is 3.18. The Morgan fingerprint density at radius 3 is 2.33 bits per heavy atom. The molecule has 0 aliphatic heterocycles. The fourth-order valence-electron chi connectivity index (χ4n) is 2.34. The summed E-state index contributed by atoms with van der Waals surface area (Å²) in [5.74, 6) is 1.26. The third-order valence-electron chi connectivity index (χ3n) is 3.50. The van der Waals surface area contributed by atoms with Crippen LogP contribution in [0.25, 0.3) is 0 Å². The highest BCUT2D eigenvalue weighted by molar-refractivity contribution is 6.31. The summed E-state index contributed by atoms with van der Waals surface area (Å²) in [5.41, 5.74) is 2.68. The number of aryl methyl sites for hydroxylation is 1. The molecule has 0 bridgehead atoms. The highest BCUT2D eigenvalue weighted by atomic mass is 35.5. The van der Waals surface area contributed by atoms with E-state index in [4.69, 9.17) is 21.1 Å². The zero-order valence-electron chi connectivity index (χ0n) is 12.4. The number of hydrogen-bond donors (Lipinski definition) is 1. The highest BCUT2D eigenvalue weighted by Gasteiger charge is 2.16. The Kier molecular flexibility index (Phi) is 5.10. The van der Waals surface area contributed by atoms with Gasteiger partial charge in [0.05, 0.1) is 20.3 Å². The van der Waals surface area contributed by atoms with Gasteiger partial charge >= 0.3 is 0 Å². The Morgan fingerprint density at radius 2 is 1.71 bits per heavy atom. The van der Waals surface area contributed by atoms with Crippen LogP contribution in [0.3, 0.4) is 0 Å². The molecule has 112 valence electrons. The van der Waals surface area contributed by atoms with Crippen molar-refractivity contribution in [2.45, 2.75) is 19.4 Å². The maximum atomic E-state index is 10.5. The average molecular weight is 307 g/mol. The number of ether oxygens (including phenoxy) is 2. The van der Waals surface area contributed by atoms with E-state index in [9.17, 15) is 5.11 Å². The summed E-state index contributed by atoms with van der Waals surface area (Å²) in [5, 5.41) is 11.2. The third-order valence-corrected chi connectivity index (χ3v) is 3.87. The molecule has 0 aromatic heterocycles. The van der Waals surface area contributed by atoms with Crippen LogP contribution in [0.5, 0.6) is 11.5 Å². The highest BCUT2D eigenvalue weighted by Crippen LogP contribution is 2.34. The normalized spacial score (nSPS) is 12.0. The van der Waals surface area contributed by atoms with Gasteiger partial charge in [-0.1, -0.05) is 29.8 Å². The van der Waals surface area contributed by atoms with E-state index >= 15 is 0 Å². The molecule has 0 heterocycles. The van der Waals surface area contributed by atoms with Crippen LogP contribution >= 0.6 is 11.6 Å². The Balaban J connectivity index is 2.31. The molecule has 1 atom stereocenters. The molecule has 0 fully saturated rings. The molecule has 0 spiro atoms. The van der Waals surface area contributed by atoms with Crippen LogP contribution in [-0.4, -0.2) is 19.3 Å². The van der Waals surface area contributed by atoms with Crippen LogP contribution < -0.4 is 9.47 Å². The lowest BCUT2D eigenvalue weighted by Gasteiger charge is -2.17. The van der Waals surface area contributed by atoms with Crippen molar-refractivity contribution in [1.82, 2.24) is 0 Å². The molecule has 0 radical (unpaired) electrons. The van der Waals surface area contributed by atoms with Gasteiger partial charge < -0.3 is 14.6 Å². The summed E-state index contributed by atoms with van der Waals surface area (Å²) in [6, 6.07) is 11.2. The van der Waals surface area contributed by atoms with Crippen molar-refractivity contribution in [3.8, 4) is 11.5 Å². The van der Waals surface area contributed by atoms with Gasteiger partial charge in [-0.2, -0.15) is 0 Å². The predicted octanol–water partition coefficient (Wildman–Crippen LogP) is 3.94. The van der Waals surface area contributed by atoms with Gasteiger partial charge in [0.15, 0.2) is 11.5 Å². The van der Waals surface area contributed by atoms with Crippen LogP contribution in [0.15, 0.2) is 36.4 Å². The van der Waals surface area contributed by atoms with E-state index in [1.165, 1.54) is 0 Å². The van der Waals surface area contributed by atoms with Gasteiger partial charge in [0.2, 0.25) is 0 Å². The monoisotopic (exact) mass is 306 g/mol. The number of aliphatic hydroxyl groups excluding tert-OH is 1. The number of halogens is 1. The third kappa shape index (κ3) is 3.49. The second kappa shape index (κ2) is 6.83. The molecule has 4 heteroatoms. The molecule has 1 unspecified atom stereocenters. The first kappa shape index (κ1) is 15.7. The van der Waals surface area contributed by atoms with Gasteiger partial charge in [-0.15, -0.1) is 0 Å². The van der Waals surface area contributed by atoms with E-state index in [2.05, 4.69) is 0 Å². The lowest BCUT2D eigenvalue weighted by Crippen LogP contribution is -2.05. The van der Waals surface area contributed by atoms with Crippen LogP contribution in [0, 0.1) is 6.92 Å². The minimum Gasteiger partial charge on any atom is -0.493 e. The van der Waals surface area contributed by atoms with Crippen LogP contribution in [0.1, 0.15) is 22.8 Å². The molecule has 0 aliphatic carbocycles. The number of aliphatic hydroxyl groups is 1. The molecule has 21 heavy (non-hydrogen) atoms. The molecule has 0 aliphatic rings. The standard InChI is InChI=1S/C17H19ClO3/c1-11-8-16(20-2)17(21-3)10-13(11)15(19)9-12-6-4-5-7-14(12)18/h4-8,10,15,19H,9H2,1-3H3. The molecule has 2 rings (SSSR count). The van der Waals surface area contributed by atoms with Gasteiger partial charge in [0, 0.05) is 11.4 Å². The minimum atomic E-state index is -0.648. The van der Waals surface area contributed by atoms with E-state index in [0.717, 1.165) is 16.7 Å². The Hall–Kier alpha value is -1.71. The lowest BCUT2D eigenvalue weighted by atomic mass is 9.97. The molecular formula is C17H19ClO3. The number of methoxy groups -OCH3 is 2. The number of hydrogen-bond acceptors (Lipinski definition) is 3. The fraction of sp³-hybridized carbons (Fsp3) is 0.294. The van der Waals surface area contributed by atoms with Crippen molar-refractivity contribution >= 4 is 11.6 Å². The Labute approximate surface area is 130 Å². The van der Waals surface area contributed by atoms with Gasteiger partial charge in [0.1, 0.15) is 0 Å². The first-order valence-corrected chi connectivity index (χ1v) is 7.08. The molecule has 2 aromatic carbocycles. The zero-order chi connectivity index (χ0) is 15.4. The largest absolute Gasteiger partial charge is 0.493 e. The van der Waals surface area contributed by atoms with Crippen molar-refractivity contribution in [1.29, 1.82) is 0 Å². The fourth-order valence-corrected chi connectivity index (χ4v) is 2.55. The van der Waals surface area contributed by atoms with Crippen molar-refractivity contribution in [2.75, 3.05) is 14.2 Å². The zero-order valence-corrected chi connectivity index (χ0v) is 13.1. The average Bonchev–Trinajstić information content (AvgIpc) is 2.49. The summed E-state index contributed by atoms with van der Waals surface area (Å²) >= 11 is 6.15. The van der Waals surface area contributed by atoms with E-state index in [-0.39, 0.29) is 0 Å². The van der Waals surface area contributed by atoms with Gasteiger partial charge in [0.25, 0.3) is 0 Å². The summed E-state index contributed by atoms with van der Waals surface area (Å²) < 4.78 is 10.6. The van der Waals surface area contributed by atoms with E-state index < -0.39 is 6.10 Å². The quantitative estimate of drug-likeness (QED) is 0.909. The minimum absolute atomic E-state index is 0.454. The van der Waals surface area contributed by atoms with E-state index in [1.807, 2.05) is 43.3 Å². The van der Waals surface area contributed by atoms with Crippen LogP contribution in [-0.2, 0) is 6.42 Å². The Morgan fingerprint density at radius 1 is 1.10 bits per heavy atom. The van der Waals surface area contributed by atoms with Crippen molar-refractivity contribution < 1.29 is 14.6 Å². The van der Waals surface area contributed by atoms with E-state index in [0.29, 0.717) is 22.9 Å². The maximum Gasteiger partial charge on any atom is 0.161 e. The molecule has 0 saturated carbocycles. The van der Waals surface area contributed by atoms with Crippen molar-refractivity contribution in [3.05, 3.63) is 58.1 Å². The second-order valence-electron chi connectivity index (χ2n) is 4.88. The Bertz CT molecular complexity index is 625. The number of benzene rings is 2. The van der Waals surface area contributed by atoms with E-state index in [1.54, 1.807) is 14.2 Å². The SMILES string of the molecule is COc1cc(C)c(C(O)Cc2ccccc2Cl)cc1OC. The first-order chi connectivity index (χ1) is 10.1. The second-order valence-corrected chi connectivity index (χ2v) is 5.28. The molecule has 0 amide bonds. The maximum absolute atomic E-state index is 10.5. The predicted molar refractivity (Wildman–Crippen MR) is 84.4 cm³/mol. The smallest absolute Gasteiger partial charge is 0.161 e. The molecule has 0 saturated heterocycles. The van der Waals surface area contributed by atoms with Gasteiger partial charge in [-0.05, 0) is 41.8 Å². The lowest BCUT2D eigenvalue weighted by molar-refractivity contribution is 0.177. The summed E-state index contributed by atoms with van der Waals surface area (Å²) in [6.07, 6.45) is -0.194. The molecule has 2 aromatic rings. The van der Waals surface area contributed by atoms with Crippen molar-refractivity contribution in [3.63, 3.8) is 0 Å². The number of rotatable bonds is 5. The first-order valence-electron chi connectivity index (χ1n) is 6.70. The van der Waals surface area contributed by atoms with Gasteiger partial charge in [-0.3, -0.25) is 0 Å². The molecule has 3 nitrogen and oxygen atoms in total. The summed E-state index contributed by atoms with van der Waals surface area (Å²) in [6.45, 7) is 1.94. The van der Waals surface area contributed by atoms with Crippen LogP contribution in [0.2, 0.25) is 5.02 Å². The topological polar surface area (TPSA) is 38.7 Å².